The highest BCUT2D eigenvalue weighted by Crippen LogP contribution is 2.31. The number of nitrogens with one attached hydrogen (secondary N) is 1. The fourth-order valence-corrected chi connectivity index (χ4v) is 2.35. The van der Waals surface area contributed by atoms with Crippen LogP contribution in [0.25, 0.3) is 22.4 Å². The Balaban J connectivity index is 2.01. The smallest absolute Gasteiger partial charge is 0.356 e. The van der Waals surface area contributed by atoms with E-state index in [2.05, 4.69) is 22.3 Å². The Labute approximate surface area is 128 Å². The first-order valence-electron chi connectivity index (χ1n) is 7.17. The molecule has 0 saturated heterocycles. The Morgan fingerprint density at radius 3 is 2.45 bits per heavy atom. The lowest BCUT2D eigenvalue weighted by Gasteiger charge is -2.07. The van der Waals surface area contributed by atoms with Crippen LogP contribution in [0.5, 0.6) is 0 Å². The Morgan fingerprint density at radius 1 is 1.05 bits per heavy atom. The summed E-state index contributed by atoms with van der Waals surface area (Å²) >= 11 is 0. The molecule has 0 aliphatic carbocycles. The molecule has 4 nitrogen and oxygen atoms in total. The summed E-state index contributed by atoms with van der Waals surface area (Å²) in [7, 11) is 0. The van der Waals surface area contributed by atoms with Crippen molar-refractivity contribution >= 4 is 5.97 Å². The van der Waals surface area contributed by atoms with Gasteiger partial charge in [0.2, 0.25) is 0 Å². The number of H-pyrrole nitrogens is 1. The number of esters is 1. The summed E-state index contributed by atoms with van der Waals surface area (Å²) in [4.78, 5) is 11.8. The van der Waals surface area contributed by atoms with Gasteiger partial charge in [0.05, 0.1) is 12.3 Å². The van der Waals surface area contributed by atoms with Crippen LogP contribution in [0.1, 0.15) is 17.4 Å². The second-order valence-corrected chi connectivity index (χ2v) is 4.80. The van der Waals surface area contributed by atoms with Crippen molar-refractivity contribution in [2.75, 3.05) is 6.61 Å². The number of aromatic amines is 1. The average molecular weight is 292 g/mol. The Morgan fingerprint density at radius 2 is 1.73 bits per heavy atom. The van der Waals surface area contributed by atoms with Gasteiger partial charge in [0.1, 0.15) is 5.69 Å². The van der Waals surface area contributed by atoms with Crippen molar-refractivity contribution in [2.24, 2.45) is 0 Å². The van der Waals surface area contributed by atoms with Crippen LogP contribution in [-0.2, 0) is 4.74 Å². The molecule has 0 amide bonds. The molecule has 0 atom stereocenters. The molecule has 1 aromatic heterocycles. The van der Waals surface area contributed by atoms with Gasteiger partial charge in [0, 0.05) is 5.56 Å². The first-order chi connectivity index (χ1) is 10.8. The molecule has 110 valence electrons. The predicted octanol–water partition coefficient (Wildman–Crippen LogP) is 3.92. The second kappa shape index (κ2) is 6.26. The van der Waals surface area contributed by atoms with Gasteiger partial charge in [-0.1, -0.05) is 54.6 Å². The third kappa shape index (κ3) is 2.76. The Kier molecular flexibility index (Phi) is 4.01. The number of carbonyl (C=O) groups excluding carboxylic acids is 1. The molecule has 4 heteroatoms. The molecule has 1 heterocycles. The number of ether oxygens (including phenoxy) is 1. The number of hydrogen-bond donors (Lipinski definition) is 1. The van der Waals surface area contributed by atoms with E-state index in [-0.39, 0.29) is 0 Å². The average Bonchev–Trinajstić information content (AvgIpc) is 3.06. The summed E-state index contributed by atoms with van der Waals surface area (Å²) in [5.74, 6) is -0.390. The number of nitrogens with zero attached hydrogens (tertiary/aromatic N) is 1. The topological polar surface area (TPSA) is 55.0 Å². The summed E-state index contributed by atoms with van der Waals surface area (Å²) in [5, 5.41) is 6.99. The van der Waals surface area contributed by atoms with Gasteiger partial charge in [-0.25, -0.2) is 4.79 Å². The first kappa shape index (κ1) is 14.1. The van der Waals surface area contributed by atoms with Gasteiger partial charge in [-0.2, -0.15) is 5.10 Å². The molecule has 0 bridgehead atoms. The van der Waals surface area contributed by atoms with Gasteiger partial charge in [-0.05, 0) is 24.1 Å². The lowest BCUT2D eigenvalue weighted by Crippen LogP contribution is -2.04. The third-order valence-corrected chi connectivity index (χ3v) is 3.36. The van der Waals surface area contributed by atoms with Crippen molar-refractivity contribution < 1.29 is 9.53 Å². The lowest BCUT2D eigenvalue weighted by molar-refractivity contribution is 0.0519. The zero-order valence-electron chi connectivity index (χ0n) is 12.2. The summed E-state index contributed by atoms with van der Waals surface area (Å²) in [6.45, 7) is 2.12. The minimum atomic E-state index is -0.390. The monoisotopic (exact) mass is 292 g/mol. The molecule has 2 aromatic carbocycles. The molecule has 22 heavy (non-hydrogen) atoms. The third-order valence-electron chi connectivity index (χ3n) is 3.36. The van der Waals surface area contributed by atoms with Gasteiger partial charge in [0.25, 0.3) is 0 Å². The minimum Gasteiger partial charge on any atom is -0.461 e. The fraction of sp³-hybridized carbons (Fsp3) is 0.111. The molecule has 0 fully saturated rings. The summed E-state index contributed by atoms with van der Waals surface area (Å²) < 4.78 is 4.98. The highest BCUT2D eigenvalue weighted by Gasteiger charge is 2.14. The standard InChI is InChI=1S/C18H16N2O2/c1-2-22-18(21)17-12-16(19-20-17)15-11-7-6-10-14(15)13-8-4-3-5-9-13/h3-12H,2H2,1H3,(H,19,20). The summed E-state index contributed by atoms with van der Waals surface area (Å²) in [5.41, 5.74) is 4.24. The van der Waals surface area contributed by atoms with E-state index in [1.54, 1.807) is 13.0 Å². The molecular formula is C18H16N2O2. The SMILES string of the molecule is CCOC(=O)c1cc(-c2ccccc2-c2ccccc2)n[nH]1. The van der Waals surface area contributed by atoms with Crippen molar-refractivity contribution in [3.8, 4) is 22.4 Å². The van der Waals surface area contributed by atoms with Crippen molar-refractivity contribution in [3.05, 3.63) is 66.4 Å². The van der Waals surface area contributed by atoms with E-state index in [0.717, 1.165) is 22.4 Å². The maximum atomic E-state index is 11.8. The molecule has 0 aliphatic heterocycles. The molecular weight excluding hydrogens is 276 g/mol. The molecule has 3 aromatic rings. The summed E-state index contributed by atoms with van der Waals surface area (Å²) in [6, 6.07) is 19.8. The van der Waals surface area contributed by atoms with Crippen molar-refractivity contribution in [2.45, 2.75) is 6.92 Å². The van der Waals surface area contributed by atoms with Gasteiger partial charge >= 0.3 is 5.97 Å². The molecule has 1 N–H and O–H groups in total. The highest BCUT2D eigenvalue weighted by molar-refractivity contribution is 5.90. The quantitative estimate of drug-likeness (QED) is 0.741. The van der Waals surface area contributed by atoms with Crippen LogP contribution in [0.2, 0.25) is 0 Å². The number of hydrogen-bond acceptors (Lipinski definition) is 3. The van der Waals surface area contributed by atoms with Crippen LogP contribution in [0.3, 0.4) is 0 Å². The highest BCUT2D eigenvalue weighted by atomic mass is 16.5. The molecule has 3 rings (SSSR count). The lowest BCUT2D eigenvalue weighted by atomic mass is 9.98. The maximum Gasteiger partial charge on any atom is 0.356 e. The Hall–Kier alpha value is -2.88. The maximum absolute atomic E-state index is 11.8. The van der Waals surface area contributed by atoms with Gasteiger partial charge < -0.3 is 4.74 Å². The van der Waals surface area contributed by atoms with E-state index in [1.807, 2.05) is 42.5 Å². The molecule has 0 aliphatic rings. The Bertz CT molecular complexity index is 779. The fourth-order valence-electron chi connectivity index (χ4n) is 2.35. The van der Waals surface area contributed by atoms with Crippen LogP contribution >= 0.6 is 0 Å². The zero-order chi connectivity index (χ0) is 15.4. The van der Waals surface area contributed by atoms with Gasteiger partial charge in [-0.3, -0.25) is 5.10 Å². The van der Waals surface area contributed by atoms with E-state index < -0.39 is 5.97 Å². The predicted molar refractivity (Wildman–Crippen MR) is 85.4 cm³/mol. The van der Waals surface area contributed by atoms with E-state index in [1.165, 1.54) is 0 Å². The summed E-state index contributed by atoms with van der Waals surface area (Å²) in [6.07, 6.45) is 0. The van der Waals surface area contributed by atoms with Crippen molar-refractivity contribution in [1.82, 2.24) is 10.2 Å². The number of rotatable bonds is 4. The largest absolute Gasteiger partial charge is 0.461 e. The van der Waals surface area contributed by atoms with E-state index in [9.17, 15) is 4.79 Å². The normalized spacial score (nSPS) is 10.4. The first-order valence-corrected chi connectivity index (χ1v) is 7.17. The van der Waals surface area contributed by atoms with Crippen LogP contribution in [0.4, 0.5) is 0 Å². The van der Waals surface area contributed by atoms with Crippen molar-refractivity contribution in [3.63, 3.8) is 0 Å². The van der Waals surface area contributed by atoms with Gasteiger partial charge in [0.15, 0.2) is 0 Å². The van der Waals surface area contributed by atoms with E-state index in [0.29, 0.717) is 12.3 Å². The van der Waals surface area contributed by atoms with Gasteiger partial charge in [-0.15, -0.1) is 0 Å². The number of aromatic nitrogens is 2. The van der Waals surface area contributed by atoms with Crippen LogP contribution in [0.15, 0.2) is 60.7 Å². The number of carbonyl (C=O) groups is 1. The van der Waals surface area contributed by atoms with Crippen LogP contribution in [0, 0.1) is 0 Å². The minimum absolute atomic E-state index is 0.341. The molecule has 0 unspecified atom stereocenters. The van der Waals surface area contributed by atoms with Crippen LogP contribution in [-0.4, -0.2) is 22.8 Å². The number of benzene rings is 2. The van der Waals surface area contributed by atoms with E-state index in [4.69, 9.17) is 4.74 Å². The van der Waals surface area contributed by atoms with Crippen LogP contribution < -0.4 is 0 Å². The molecule has 0 saturated carbocycles. The second-order valence-electron chi connectivity index (χ2n) is 4.80. The molecule has 0 spiro atoms. The molecule has 0 radical (unpaired) electrons. The van der Waals surface area contributed by atoms with E-state index >= 15 is 0 Å². The zero-order valence-corrected chi connectivity index (χ0v) is 12.2. The van der Waals surface area contributed by atoms with Crippen molar-refractivity contribution in [1.29, 1.82) is 0 Å².